The maximum Gasteiger partial charge on any atom is 0.282 e. The fraction of sp³-hybridized carbons (Fsp3) is 0.529. The van der Waals surface area contributed by atoms with Gasteiger partial charge in [0, 0.05) is 36.5 Å². The maximum atomic E-state index is 12.8. The first-order valence-corrected chi connectivity index (χ1v) is 9.59. The Morgan fingerprint density at radius 3 is 2.60 bits per heavy atom. The Morgan fingerprint density at radius 1 is 1.36 bits per heavy atom. The van der Waals surface area contributed by atoms with Crippen molar-refractivity contribution in [2.45, 2.75) is 31.1 Å². The zero-order chi connectivity index (χ0) is 18.4. The Morgan fingerprint density at radius 2 is 2.04 bits per heavy atom. The normalized spacial score (nSPS) is 15.0. The van der Waals surface area contributed by atoms with Crippen molar-refractivity contribution in [2.24, 2.45) is 5.92 Å². The van der Waals surface area contributed by atoms with Gasteiger partial charge in [-0.1, -0.05) is 6.92 Å². The number of nitrogens with zero attached hydrogens (tertiary/aromatic N) is 2. The van der Waals surface area contributed by atoms with Crippen LogP contribution < -0.4 is 5.32 Å². The monoisotopic (exact) mass is 365 g/mol. The molecule has 0 radical (unpaired) electrons. The second kappa shape index (κ2) is 8.84. The van der Waals surface area contributed by atoms with E-state index in [1.54, 1.807) is 17.0 Å². The van der Waals surface area contributed by atoms with Crippen molar-refractivity contribution in [3.63, 3.8) is 0 Å². The first-order valence-electron chi connectivity index (χ1n) is 8.37. The van der Waals surface area contributed by atoms with Crippen molar-refractivity contribution in [2.75, 3.05) is 25.9 Å². The number of nitro benzene ring substituents is 1. The predicted octanol–water partition coefficient (Wildman–Crippen LogP) is 2.70. The lowest BCUT2D eigenvalue weighted by atomic mass is 9.95. The quantitative estimate of drug-likeness (QED) is 0.475. The first kappa shape index (κ1) is 19.2. The highest BCUT2D eigenvalue weighted by Gasteiger charge is 2.30. The molecule has 0 aliphatic carbocycles. The molecular formula is C17H23N3O4S. The Hall–Kier alpha value is -2.09. The second-order valence-corrected chi connectivity index (χ2v) is 6.88. The molecule has 136 valence electrons. The average Bonchev–Trinajstić information content (AvgIpc) is 2.64. The van der Waals surface area contributed by atoms with Crippen LogP contribution in [-0.2, 0) is 4.79 Å². The largest absolute Gasteiger partial charge is 0.356 e. The van der Waals surface area contributed by atoms with E-state index in [1.165, 1.54) is 17.8 Å². The summed E-state index contributed by atoms with van der Waals surface area (Å²) in [4.78, 5) is 37.9. The minimum Gasteiger partial charge on any atom is -0.356 e. The summed E-state index contributed by atoms with van der Waals surface area (Å²) < 4.78 is 0. The Labute approximate surface area is 151 Å². The fourth-order valence-corrected chi connectivity index (χ4v) is 3.32. The molecule has 1 saturated heterocycles. The minimum atomic E-state index is -0.526. The van der Waals surface area contributed by atoms with Gasteiger partial charge in [-0.05, 0) is 37.7 Å². The highest BCUT2D eigenvalue weighted by molar-refractivity contribution is 7.98. The Balaban J connectivity index is 2.07. The zero-order valence-corrected chi connectivity index (χ0v) is 15.3. The highest BCUT2D eigenvalue weighted by atomic mass is 32.2. The van der Waals surface area contributed by atoms with E-state index in [0.717, 1.165) is 11.3 Å². The average molecular weight is 365 g/mol. The number of hydrogen-bond donors (Lipinski definition) is 1. The van der Waals surface area contributed by atoms with E-state index in [1.807, 2.05) is 13.2 Å². The third-order valence-corrected chi connectivity index (χ3v) is 5.06. The molecular weight excluding hydrogens is 342 g/mol. The molecule has 0 aromatic heterocycles. The third-order valence-electron chi connectivity index (χ3n) is 4.33. The molecule has 2 amide bonds. The number of likely N-dealkylation sites (tertiary alicyclic amines) is 1. The summed E-state index contributed by atoms with van der Waals surface area (Å²) in [7, 11) is 0. The summed E-state index contributed by atoms with van der Waals surface area (Å²) in [6.07, 6.45) is 3.91. The van der Waals surface area contributed by atoms with Gasteiger partial charge in [0.1, 0.15) is 5.56 Å². The van der Waals surface area contributed by atoms with Gasteiger partial charge in [-0.25, -0.2) is 0 Å². The van der Waals surface area contributed by atoms with Crippen LogP contribution >= 0.6 is 11.8 Å². The number of thioether (sulfide) groups is 1. The summed E-state index contributed by atoms with van der Waals surface area (Å²) in [6, 6.07) is 4.60. The summed E-state index contributed by atoms with van der Waals surface area (Å²) in [5.74, 6) is -0.401. The van der Waals surface area contributed by atoms with Crippen molar-refractivity contribution in [3.8, 4) is 0 Å². The van der Waals surface area contributed by atoms with E-state index in [2.05, 4.69) is 5.32 Å². The van der Waals surface area contributed by atoms with Gasteiger partial charge in [-0.2, -0.15) is 0 Å². The Bertz CT molecular complexity index is 657. The topological polar surface area (TPSA) is 92.6 Å². The number of piperidine rings is 1. The van der Waals surface area contributed by atoms with Gasteiger partial charge < -0.3 is 10.2 Å². The van der Waals surface area contributed by atoms with Crippen molar-refractivity contribution >= 4 is 29.3 Å². The number of rotatable bonds is 6. The maximum absolute atomic E-state index is 12.8. The highest BCUT2D eigenvalue weighted by Crippen LogP contribution is 2.27. The van der Waals surface area contributed by atoms with Crippen LogP contribution in [0.15, 0.2) is 23.1 Å². The lowest BCUT2D eigenvalue weighted by molar-refractivity contribution is -0.385. The number of hydrogen-bond acceptors (Lipinski definition) is 5. The zero-order valence-electron chi connectivity index (χ0n) is 14.5. The van der Waals surface area contributed by atoms with Gasteiger partial charge >= 0.3 is 0 Å². The molecule has 1 N–H and O–H groups in total. The van der Waals surface area contributed by atoms with Crippen LogP contribution in [0.2, 0.25) is 0 Å². The molecule has 0 bridgehead atoms. The van der Waals surface area contributed by atoms with Crippen LogP contribution in [-0.4, -0.2) is 47.5 Å². The van der Waals surface area contributed by atoms with Gasteiger partial charge in [-0.15, -0.1) is 11.8 Å². The second-order valence-electron chi connectivity index (χ2n) is 6.00. The van der Waals surface area contributed by atoms with Crippen molar-refractivity contribution in [1.82, 2.24) is 10.2 Å². The van der Waals surface area contributed by atoms with Gasteiger partial charge in [0.2, 0.25) is 5.91 Å². The number of nitro groups is 1. The first-order chi connectivity index (χ1) is 12.0. The lowest BCUT2D eigenvalue weighted by Gasteiger charge is -2.31. The molecule has 7 nitrogen and oxygen atoms in total. The third kappa shape index (κ3) is 4.72. The van der Waals surface area contributed by atoms with E-state index in [4.69, 9.17) is 0 Å². The van der Waals surface area contributed by atoms with E-state index in [9.17, 15) is 19.7 Å². The van der Waals surface area contributed by atoms with Crippen LogP contribution in [0.3, 0.4) is 0 Å². The lowest BCUT2D eigenvalue weighted by Crippen LogP contribution is -2.43. The predicted molar refractivity (Wildman–Crippen MR) is 96.8 cm³/mol. The van der Waals surface area contributed by atoms with E-state index in [-0.39, 0.29) is 29.0 Å². The summed E-state index contributed by atoms with van der Waals surface area (Å²) in [5.41, 5.74) is -0.0589. The van der Waals surface area contributed by atoms with E-state index < -0.39 is 4.92 Å². The van der Waals surface area contributed by atoms with E-state index in [0.29, 0.717) is 32.5 Å². The number of nitrogens with one attached hydrogen (secondary N) is 1. The van der Waals surface area contributed by atoms with Crippen molar-refractivity contribution in [3.05, 3.63) is 33.9 Å². The van der Waals surface area contributed by atoms with E-state index >= 15 is 0 Å². The van der Waals surface area contributed by atoms with Crippen LogP contribution in [0.4, 0.5) is 5.69 Å². The summed E-state index contributed by atoms with van der Waals surface area (Å²) in [6.45, 7) is 3.52. The molecule has 1 aromatic rings. The summed E-state index contributed by atoms with van der Waals surface area (Å²) in [5, 5.41) is 14.1. The molecule has 1 aliphatic rings. The molecule has 0 atom stereocenters. The van der Waals surface area contributed by atoms with Crippen LogP contribution in [0.1, 0.15) is 36.5 Å². The SMILES string of the molecule is CCCNC(=O)C1CCN(C(=O)c2cc(SC)ccc2[N+](=O)[O-])CC1. The number of amides is 2. The van der Waals surface area contributed by atoms with Gasteiger partial charge in [0.05, 0.1) is 4.92 Å². The Kier molecular flexibility index (Phi) is 6.81. The number of carbonyl (C=O) groups is 2. The molecule has 1 fully saturated rings. The minimum absolute atomic E-state index is 0.0318. The van der Waals surface area contributed by atoms with Crippen molar-refractivity contribution < 1.29 is 14.5 Å². The van der Waals surface area contributed by atoms with Gasteiger partial charge in [-0.3, -0.25) is 19.7 Å². The van der Waals surface area contributed by atoms with Gasteiger partial charge in [0.15, 0.2) is 0 Å². The fourth-order valence-electron chi connectivity index (χ4n) is 2.88. The molecule has 25 heavy (non-hydrogen) atoms. The number of carbonyl (C=O) groups excluding carboxylic acids is 2. The smallest absolute Gasteiger partial charge is 0.282 e. The molecule has 1 heterocycles. The van der Waals surface area contributed by atoms with Crippen LogP contribution in [0.5, 0.6) is 0 Å². The van der Waals surface area contributed by atoms with Crippen LogP contribution in [0.25, 0.3) is 0 Å². The molecule has 0 unspecified atom stereocenters. The number of benzene rings is 1. The molecule has 8 heteroatoms. The molecule has 2 rings (SSSR count). The van der Waals surface area contributed by atoms with Crippen molar-refractivity contribution in [1.29, 1.82) is 0 Å². The van der Waals surface area contributed by atoms with Gasteiger partial charge in [0.25, 0.3) is 11.6 Å². The standard InChI is InChI=1S/C17H23N3O4S/c1-3-8-18-16(21)12-6-9-19(10-7-12)17(22)14-11-13(25-2)4-5-15(14)20(23)24/h4-5,11-12H,3,6-10H2,1-2H3,(H,18,21). The summed E-state index contributed by atoms with van der Waals surface area (Å²) >= 11 is 1.43. The van der Waals surface area contributed by atoms with Crippen LogP contribution in [0, 0.1) is 16.0 Å². The molecule has 1 aromatic carbocycles. The molecule has 0 saturated carbocycles. The molecule has 1 aliphatic heterocycles. The molecule has 0 spiro atoms.